The number of phosphoric acid groups is 1. The van der Waals surface area contributed by atoms with Gasteiger partial charge in [-0.05, 0) is 6.07 Å². The van der Waals surface area contributed by atoms with Gasteiger partial charge in [-0.2, -0.15) is 4.57 Å². The fraction of sp³-hybridized carbons (Fsp3) is 0.429. The van der Waals surface area contributed by atoms with Gasteiger partial charge in [0.2, 0.25) is 0 Å². The third kappa shape index (κ3) is 5.07. The number of hydrogen-bond donors (Lipinski definition) is 4. The van der Waals surface area contributed by atoms with E-state index in [0.29, 0.717) is 0 Å². The average molecular weight is 373 g/mol. The minimum Gasteiger partial charge on any atom is -0.381 e. The van der Waals surface area contributed by atoms with Crippen molar-refractivity contribution in [2.75, 3.05) is 13.2 Å². The normalized spacial score (nSPS) is 26.3. The number of aliphatic hydroxyl groups is 1. The molecule has 0 saturated carbocycles. The molecule has 1 aromatic rings. The highest BCUT2D eigenvalue weighted by molar-refractivity contribution is 7.46. The number of amides is 1. The summed E-state index contributed by atoms with van der Waals surface area (Å²) < 4.78 is 27.6. The molecule has 0 spiro atoms. The molecule has 10 nitrogen and oxygen atoms in total. The quantitative estimate of drug-likeness (QED) is 0.255. The molecule has 136 valence electrons. The molecule has 1 amide bonds. The van der Waals surface area contributed by atoms with Crippen molar-refractivity contribution in [2.45, 2.75) is 24.5 Å². The first-order chi connectivity index (χ1) is 11.7. The Bertz CT molecular complexity index is 715. The first kappa shape index (κ1) is 19.5. The van der Waals surface area contributed by atoms with Crippen LogP contribution in [0.4, 0.5) is 0 Å². The molecule has 1 saturated heterocycles. The van der Waals surface area contributed by atoms with E-state index < -0.39 is 44.9 Å². The van der Waals surface area contributed by atoms with E-state index in [0.717, 1.165) is 0 Å². The zero-order valence-corrected chi connectivity index (χ0v) is 13.9. The largest absolute Gasteiger partial charge is 0.469 e. The van der Waals surface area contributed by atoms with E-state index in [1.54, 1.807) is 0 Å². The van der Waals surface area contributed by atoms with E-state index >= 15 is 0 Å². The van der Waals surface area contributed by atoms with Crippen LogP contribution >= 0.6 is 7.82 Å². The van der Waals surface area contributed by atoms with Gasteiger partial charge in [0, 0.05) is 6.07 Å². The van der Waals surface area contributed by atoms with Crippen LogP contribution in [0.1, 0.15) is 16.6 Å². The number of carbonyl (C=O) groups is 1. The average Bonchev–Trinajstić information content (AvgIpc) is 2.86. The fourth-order valence-electron chi connectivity index (χ4n) is 2.42. The summed E-state index contributed by atoms with van der Waals surface area (Å²) in [6, 6.07) is 3.02. The van der Waals surface area contributed by atoms with Gasteiger partial charge in [0.25, 0.3) is 12.1 Å². The molecule has 1 aliphatic heterocycles. The van der Waals surface area contributed by atoms with Gasteiger partial charge in [0.1, 0.15) is 24.4 Å². The Kier molecular flexibility index (Phi) is 6.26. The fourth-order valence-corrected chi connectivity index (χ4v) is 2.76. The van der Waals surface area contributed by atoms with Gasteiger partial charge in [-0.25, -0.2) is 4.57 Å². The highest BCUT2D eigenvalue weighted by Crippen LogP contribution is 2.38. The van der Waals surface area contributed by atoms with Gasteiger partial charge in [-0.3, -0.25) is 9.32 Å². The van der Waals surface area contributed by atoms with Crippen molar-refractivity contribution in [1.82, 2.24) is 0 Å². The number of pyridine rings is 1. The molecule has 1 aliphatic rings. The zero-order valence-electron chi connectivity index (χ0n) is 13.0. The maximum absolute atomic E-state index is 11.3. The molecule has 1 aromatic heterocycles. The van der Waals surface area contributed by atoms with Crippen LogP contribution in [-0.4, -0.2) is 52.3 Å². The summed E-state index contributed by atoms with van der Waals surface area (Å²) in [5.74, 6) is 1.57. The molecule has 0 bridgehead atoms. The molecule has 5 N–H and O–H groups in total. The first-order valence-corrected chi connectivity index (χ1v) is 8.65. The highest BCUT2D eigenvalue weighted by Gasteiger charge is 2.50. The second-order valence-corrected chi connectivity index (χ2v) is 6.47. The van der Waals surface area contributed by atoms with Gasteiger partial charge in [0.15, 0.2) is 18.5 Å². The lowest BCUT2D eigenvalue weighted by Crippen LogP contribution is -2.46. The molecular weight excluding hydrogens is 355 g/mol. The molecule has 11 heteroatoms. The summed E-state index contributed by atoms with van der Waals surface area (Å²) in [6.07, 6.45) is 3.83. The Labute approximate surface area is 143 Å². The lowest BCUT2D eigenvalue weighted by molar-refractivity contribution is -0.765. The molecule has 2 heterocycles. The standard InChI is InChI=1S/C14H17N2O8P/c1-2-6-22-12-10(8-23-25(19,20)21)24-14(11(12)17)16-5-3-4-9(7-16)13(15)18/h1,3-5,7,10-12,14,17H,6,8H2,(H3-,15,18,19,20,21)/p+1/t10-,11-,12-,14-/m1/s1. The van der Waals surface area contributed by atoms with Crippen molar-refractivity contribution >= 4 is 13.7 Å². The predicted molar refractivity (Wildman–Crippen MR) is 81.6 cm³/mol. The first-order valence-electron chi connectivity index (χ1n) is 7.12. The van der Waals surface area contributed by atoms with Gasteiger partial charge in [-0.15, -0.1) is 6.42 Å². The molecule has 25 heavy (non-hydrogen) atoms. The maximum Gasteiger partial charge on any atom is 0.469 e. The van der Waals surface area contributed by atoms with E-state index in [9.17, 15) is 14.5 Å². The van der Waals surface area contributed by atoms with Crippen LogP contribution < -0.4 is 10.3 Å². The number of aromatic nitrogens is 1. The van der Waals surface area contributed by atoms with E-state index in [2.05, 4.69) is 10.4 Å². The monoisotopic (exact) mass is 373 g/mol. The summed E-state index contributed by atoms with van der Waals surface area (Å²) in [7, 11) is -4.73. The van der Waals surface area contributed by atoms with Crippen LogP contribution in [0, 0.1) is 12.3 Å². The van der Waals surface area contributed by atoms with Crippen LogP contribution in [-0.2, 0) is 18.6 Å². The van der Waals surface area contributed by atoms with Gasteiger partial charge >= 0.3 is 7.82 Å². The number of nitrogens with zero attached hydrogens (tertiary/aromatic N) is 1. The number of terminal acetylenes is 1. The highest BCUT2D eigenvalue weighted by atomic mass is 31.2. The number of hydrogen-bond acceptors (Lipinski definition) is 6. The maximum atomic E-state index is 11.3. The Morgan fingerprint density at radius 3 is 2.84 bits per heavy atom. The van der Waals surface area contributed by atoms with Crippen LogP contribution in [0.25, 0.3) is 0 Å². The molecular formula is C14H18N2O8P+. The van der Waals surface area contributed by atoms with E-state index in [-0.39, 0.29) is 12.2 Å². The number of aliphatic hydroxyl groups excluding tert-OH is 1. The summed E-state index contributed by atoms with van der Waals surface area (Å²) in [4.78, 5) is 28.9. The third-order valence-electron chi connectivity index (χ3n) is 3.48. The van der Waals surface area contributed by atoms with Crippen LogP contribution in [0.3, 0.4) is 0 Å². The summed E-state index contributed by atoms with van der Waals surface area (Å²) >= 11 is 0. The predicted octanol–water partition coefficient (Wildman–Crippen LogP) is -1.54. The molecule has 4 atom stereocenters. The van der Waals surface area contributed by atoms with Gasteiger partial charge in [0.05, 0.1) is 6.61 Å². The zero-order chi connectivity index (χ0) is 18.6. The lowest BCUT2D eigenvalue weighted by Gasteiger charge is -2.18. The van der Waals surface area contributed by atoms with Gasteiger partial charge < -0.3 is 30.1 Å². The summed E-state index contributed by atoms with van der Waals surface area (Å²) in [5.41, 5.74) is 5.41. The van der Waals surface area contributed by atoms with Crippen molar-refractivity contribution in [1.29, 1.82) is 0 Å². The summed E-state index contributed by atoms with van der Waals surface area (Å²) in [5, 5.41) is 10.5. The Morgan fingerprint density at radius 2 is 2.24 bits per heavy atom. The molecule has 0 aliphatic carbocycles. The number of primary amides is 1. The Hall–Kier alpha value is -1.83. The Morgan fingerprint density at radius 1 is 1.52 bits per heavy atom. The number of phosphoric ester groups is 1. The van der Waals surface area contributed by atoms with Crippen LogP contribution in [0.5, 0.6) is 0 Å². The van der Waals surface area contributed by atoms with Crippen LogP contribution in [0.2, 0.25) is 0 Å². The number of ether oxygens (including phenoxy) is 2. The van der Waals surface area contributed by atoms with Crippen molar-refractivity contribution in [2.24, 2.45) is 5.73 Å². The van der Waals surface area contributed by atoms with Crippen LogP contribution in [0.15, 0.2) is 24.5 Å². The lowest BCUT2D eigenvalue weighted by atomic mass is 10.1. The summed E-state index contributed by atoms with van der Waals surface area (Å²) in [6.45, 7) is -0.667. The van der Waals surface area contributed by atoms with Crippen molar-refractivity contribution < 1.29 is 42.8 Å². The third-order valence-corrected chi connectivity index (χ3v) is 3.96. The van der Waals surface area contributed by atoms with Crippen molar-refractivity contribution in [3.05, 3.63) is 30.1 Å². The van der Waals surface area contributed by atoms with E-state index in [1.807, 2.05) is 0 Å². The van der Waals surface area contributed by atoms with E-state index in [4.69, 9.17) is 31.4 Å². The SMILES string of the molecule is C#CCO[C@H]1[C@@H](O)[C@H]([n+]2cccc(C(N)=O)c2)O[C@@H]1COP(=O)(O)O. The molecule has 0 unspecified atom stereocenters. The van der Waals surface area contributed by atoms with Gasteiger partial charge in [-0.1, -0.05) is 5.92 Å². The minimum atomic E-state index is -4.73. The van der Waals surface area contributed by atoms with Crippen molar-refractivity contribution in [3.8, 4) is 12.3 Å². The van der Waals surface area contributed by atoms with E-state index in [1.165, 1.54) is 29.1 Å². The molecule has 1 fully saturated rings. The second kappa shape index (κ2) is 8.03. The topological polar surface area (TPSA) is 152 Å². The minimum absolute atomic E-state index is 0.143. The second-order valence-electron chi connectivity index (χ2n) is 5.23. The number of carbonyl (C=O) groups excluding carboxylic acids is 1. The Balaban J connectivity index is 2.22. The number of rotatable bonds is 7. The van der Waals surface area contributed by atoms with Crippen molar-refractivity contribution in [3.63, 3.8) is 0 Å². The smallest absolute Gasteiger partial charge is 0.381 e. The molecule has 0 radical (unpaired) electrons. The molecule has 0 aromatic carbocycles. The molecule has 2 rings (SSSR count). The number of nitrogens with two attached hydrogens (primary N) is 1.